The molecule has 0 aromatic carbocycles. The van der Waals surface area contributed by atoms with Crippen LogP contribution in [0.4, 0.5) is 13.2 Å². The molecule has 0 saturated carbocycles. The first kappa shape index (κ1) is 11.9. The lowest BCUT2D eigenvalue weighted by molar-refractivity contribution is -0.141. The molecule has 1 aromatic rings. The molecule has 0 radical (unpaired) electrons. The summed E-state index contributed by atoms with van der Waals surface area (Å²) in [5, 5.41) is 0. The van der Waals surface area contributed by atoms with Crippen molar-refractivity contribution in [2.24, 2.45) is 0 Å². The van der Waals surface area contributed by atoms with Gasteiger partial charge in [-0.25, -0.2) is 4.98 Å². The van der Waals surface area contributed by atoms with Gasteiger partial charge in [-0.2, -0.15) is 13.2 Å². The van der Waals surface area contributed by atoms with Gasteiger partial charge in [0.2, 0.25) is 0 Å². The molecule has 1 aliphatic rings. The highest BCUT2D eigenvalue weighted by atomic mass is 79.9. The Morgan fingerprint density at radius 3 is 2.69 bits per heavy atom. The van der Waals surface area contributed by atoms with E-state index in [0.29, 0.717) is 18.9 Å². The largest absolute Gasteiger partial charge is 0.434 e. The highest BCUT2D eigenvalue weighted by Gasteiger charge is 2.36. The van der Waals surface area contributed by atoms with Gasteiger partial charge in [0.25, 0.3) is 0 Å². The predicted molar refractivity (Wildman–Crippen MR) is 55.1 cm³/mol. The summed E-state index contributed by atoms with van der Waals surface area (Å²) in [6.07, 6.45) is -3.69. The van der Waals surface area contributed by atoms with Gasteiger partial charge >= 0.3 is 6.18 Å². The van der Waals surface area contributed by atoms with Crippen molar-refractivity contribution in [3.8, 4) is 0 Å². The van der Waals surface area contributed by atoms with Crippen molar-refractivity contribution in [2.75, 3.05) is 13.2 Å². The number of hydrogen-bond acceptors (Lipinski definition) is 2. The van der Waals surface area contributed by atoms with E-state index in [1.54, 1.807) is 6.07 Å². The van der Waals surface area contributed by atoms with Crippen LogP contribution in [0.5, 0.6) is 0 Å². The van der Waals surface area contributed by atoms with Crippen LogP contribution < -0.4 is 0 Å². The van der Waals surface area contributed by atoms with Gasteiger partial charge < -0.3 is 4.74 Å². The second-order valence-corrected chi connectivity index (χ2v) is 4.48. The zero-order valence-electron chi connectivity index (χ0n) is 8.22. The summed E-state index contributed by atoms with van der Waals surface area (Å²) in [7, 11) is 0. The van der Waals surface area contributed by atoms with Crippen LogP contribution in [0, 0.1) is 0 Å². The normalized spacial score (nSPS) is 21.4. The molecule has 0 spiro atoms. The van der Waals surface area contributed by atoms with Crippen molar-refractivity contribution in [2.45, 2.75) is 18.5 Å². The van der Waals surface area contributed by atoms with Crippen LogP contribution in [0.2, 0.25) is 0 Å². The molecule has 0 amide bonds. The maximum atomic E-state index is 12.6. The Morgan fingerprint density at radius 1 is 1.38 bits per heavy atom. The first-order chi connectivity index (χ1) is 7.48. The van der Waals surface area contributed by atoms with E-state index in [1.807, 2.05) is 0 Å². The molecule has 0 N–H and O–H groups in total. The number of halogens is 4. The van der Waals surface area contributed by atoms with Crippen LogP contribution in [0.1, 0.15) is 23.7 Å². The number of rotatable bonds is 1. The maximum absolute atomic E-state index is 12.6. The summed E-state index contributed by atoms with van der Waals surface area (Å²) in [6.45, 7) is 1.04. The highest BCUT2D eigenvalue weighted by molar-refractivity contribution is 9.10. The lowest BCUT2D eigenvalue weighted by atomic mass is 10.0. The van der Waals surface area contributed by atoms with E-state index in [4.69, 9.17) is 4.74 Å². The summed E-state index contributed by atoms with van der Waals surface area (Å²) in [5.41, 5.74) is -0.412. The molecule has 1 unspecified atom stereocenters. The van der Waals surface area contributed by atoms with Crippen molar-refractivity contribution in [3.05, 3.63) is 28.0 Å². The minimum absolute atomic E-state index is 0.0193. The van der Waals surface area contributed by atoms with Gasteiger partial charge in [-0.15, -0.1) is 0 Å². The standard InChI is InChI=1S/C10H9BrF3NO/c11-7-1-2-8(6-3-4-16-5-6)15-9(7)10(12,13)14/h1-2,6H,3-5H2. The van der Waals surface area contributed by atoms with E-state index in [0.717, 1.165) is 6.42 Å². The first-order valence-corrected chi connectivity index (χ1v) is 5.59. The quantitative estimate of drug-likeness (QED) is 0.792. The Kier molecular flexibility index (Phi) is 3.21. The fourth-order valence-electron chi connectivity index (χ4n) is 1.65. The summed E-state index contributed by atoms with van der Waals surface area (Å²) in [5.74, 6) is -0.0193. The van der Waals surface area contributed by atoms with E-state index in [2.05, 4.69) is 20.9 Å². The average Bonchev–Trinajstić information content (AvgIpc) is 2.69. The number of pyridine rings is 1. The Labute approximate surface area is 98.9 Å². The van der Waals surface area contributed by atoms with Gasteiger partial charge in [-0.1, -0.05) is 0 Å². The number of aromatic nitrogens is 1. The molecule has 6 heteroatoms. The molecule has 1 atom stereocenters. The monoisotopic (exact) mass is 295 g/mol. The molecule has 0 aliphatic carbocycles. The molecule has 1 fully saturated rings. The number of nitrogens with zero attached hydrogens (tertiary/aromatic N) is 1. The lowest BCUT2D eigenvalue weighted by Gasteiger charge is -2.12. The lowest BCUT2D eigenvalue weighted by Crippen LogP contribution is -2.12. The topological polar surface area (TPSA) is 22.1 Å². The van der Waals surface area contributed by atoms with Crippen LogP contribution in [0.25, 0.3) is 0 Å². The minimum Gasteiger partial charge on any atom is -0.381 e. The van der Waals surface area contributed by atoms with Gasteiger partial charge in [0.05, 0.1) is 6.61 Å². The molecule has 1 saturated heterocycles. The highest BCUT2D eigenvalue weighted by Crippen LogP contribution is 2.35. The molecule has 88 valence electrons. The maximum Gasteiger partial charge on any atom is 0.434 e. The van der Waals surface area contributed by atoms with E-state index in [1.165, 1.54) is 6.07 Å². The molecule has 16 heavy (non-hydrogen) atoms. The van der Waals surface area contributed by atoms with E-state index < -0.39 is 11.9 Å². The summed E-state index contributed by atoms with van der Waals surface area (Å²) < 4.78 is 42.9. The summed E-state index contributed by atoms with van der Waals surface area (Å²) in [6, 6.07) is 3.00. The molecule has 2 nitrogen and oxygen atoms in total. The van der Waals surface area contributed by atoms with Crippen molar-refractivity contribution in [1.82, 2.24) is 4.98 Å². The Balaban J connectivity index is 2.35. The van der Waals surface area contributed by atoms with Gasteiger partial charge in [-0.3, -0.25) is 0 Å². The number of hydrogen-bond donors (Lipinski definition) is 0. The van der Waals surface area contributed by atoms with Crippen LogP contribution in [0.15, 0.2) is 16.6 Å². The molecule has 2 heterocycles. The van der Waals surface area contributed by atoms with E-state index >= 15 is 0 Å². The molecule has 2 rings (SSSR count). The molecule has 1 aromatic heterocycles. The van der Waals surface area contributed by atoms with E-state index in [9.17, 15) is 13.2 Å². The van der Waals surface area contributed by atoms with Gasteiger partial charge in [0.15, 0.2) is 5.69 Å². The SMILES string of the molecule is FC(F)(F)c1nc(C2CCOC2)ccc1Br. The van der Waals surface area contributed by atoms with Crippen molar-refractivity contribution in [1.29, 1.82) is 0 Å². The zero-order chi connectivity index (χ0) is 11.8. The third-order valence-corrected chi connectivity index (χ3v) is 3.12. The Hall–Kier alpha value is -0.620. The van der Waals surface area contributed by atoms with Crippen molar-refractivity contribution >= 4 is 15.9 Å². The van der Waals surface area contributed by atoms with Gasteiger partial charge in [-0.05, 0) is 34.5 Å². The zero-order valence-corrected chi connectivity index (χ0v) is 9.81. The Bertz CT molecular complexity index is 388. The van der Waals surface area contributed by atoms with Crippen LogP contribution >= 0.6 is 15.9 Å². The van der Waals surface area contributed by atoms with Crippen LogP contribution in [-0.4, -0.2) is 18.2 Å². The smallest absolute Gasteiger partial charge is 0.381 e. The molecule has 1 aliphatic heterocycles. The average molecular weight is 296 g/mol. The van der Waals surface area contributed by atoms with Crippen LogP contribution in [0.3, 0.4) is 0 Å². The minimum atomic E-state index is -4.42. The molecular weight excluding hydrogens is 287 g/mol. The molecule has 0 bridgehead atoms. The fourth-order valence-corrected chi connectivity index (χ4v) is 2.10. The first-order valence-electron chi connectivity index (χ1n) is 4.80. The van der Waals surface area contributed by atoms with E-state index in [-0.39, 0.29) is 10.4 Å². The predicted octanol–water partition coefficient (Wildman–Crippen LogP) is 3.37. The Morgan fingerprint density at radius 2 is 2.12 bits per heavy atom. The van der Waals surface area contributed by atoms with Crippen molar-refractivity contribution in [3.63, 3.8) is 0 Å². The number of ether oxygens (including phenoxy) is 1. The third kappa shape index (κ3) is 2.38. The van der Waals surface area contributed by atoms with Gasteiger partial charge in [0.1, 0.15) is 0 Å². The second kappa shape index (κ2) is 4.33. The van der Waals surface area contributed by atoms with Crippen molar-refractivity contribution < 1.29 is 17.9 Å². The van der Waals surface area contributed by atoms with Gasteiger partial charge in [0, 0.05) is 22.7 Å². The van der Waals surface area contributed by atoms with Crippen LogP contribution in [-0.2, 0) is 10.9 Å². The summed E-state index contributed by atoms with van der Waals surface area (Å²) >= 11 is 2.86. The summed E-state index contributed by atoms with van der Waals surface area (Å²) in [4.78, 5) is 3.67. The molecular formula is C10H9BrF3NO. The third-order valence-electron chi connectivity index (χ3n) is 2.48. The second-order valence-electron chi connectivity index (χ2n) is 3.62. The number of alkyl halides is 3. The fraction of sp³-hybridized carbons (Fsp3) is 0.500.